The summed E-state index contributed by atoms with van der Waals surface area (Å²) in [5, 5.41) is 0.139. The monoisotopic (exact) mass is 376 g/mol. The molecule has 5 nitrogen and oxygen atoms in total. The van der Waals surface area contributed by atoms with Crippen molar-refractivity contribution < 1.29 is 14.0 Å². The summed E-state index contributed by atoms with van der Waals surface area (Å²) in [6.45, 7) is 15.6. The zero-order chi connectivity index (χ0) is 19.4. The molecule has 0 saturated carbocycles. The maximum absolute atomic E-state index is 12.5. The maximum atomic E-state index is 12.5. The van der Waals surface area contributed by atoms with E-state index in [0.717, 1.165) is 12.1 Å². The zero-order valence-electron chi connectivity index (χ0n) is 16.7. The van der Waals surface area contributed by atoms with Gasteiger partial charge in [0.05, 0.1) is 6.10 Å². The fourth-order valence-electron chi connectivity index (χ4n) is 2.94. The second kappa shape index (κ2) is 8.35. The molecule has 0 aromatic carbocycles. The quantitative estimate of drug-likeness (QED) is 0.545. The van der Waals surface area contributed by atoms with E-state index < -0.39 is 8.32 Å². The summed E-state index contributed by atoms with van der Waals surface area (Å²) in [6, 6.07) is 5.91. The van der Waals surface area contributed by atoms with Crippen LogP contribution in [0.5, 0.6) is 0 Å². The van der Waals surface area contributed by atoms with E-state index in [0.29, 0.717) is 13.0 Å². The largest absolute Gasteiger partial charge is 0.445 e. The molecule has 0 bridgehead atoms. The van der Waals surface area contributed by atoms with Gasteiger partial charge in [-0.2, -0.15) is 0 Å². The maximum Gasteiger partial charge on any atom is 0.410 e. The van der Waals surface area contributed by atoms with Crippen molar-refractivity contribution in [1.82, 2.24) is 9.88 Å². The predicted octanol–water partition coefficient (Wildman–Crippen LogP) is 4.41. The molecule has 1 fully saturated rings. The molecule has 144 valence electrons. The third-order valence-corrected chi connectivity index (χ3v) is 9.91. The SMILES string of the molecule is C=CCOC(=O)N1C[C@H](O[Si](C)(C)C(C)(C)C)C[C@H]1Cc1ccccn1. The molecule has 0 unspecified atom stereocenters. The van der Waals surface area contributed by atoms with Crippen LogP contribution in [0.15, 0.2) is 37.1 Å². The van der Waals surface area contributed by atoms with Crippen molar-refractivity contribution in [2.24, 2.45) is 0 Å². The van der Waals surface area contributed by atoms with Crippen LogP contribution >= 0.6 is 0 Å². The van der Waals surface area contributed by atoms with Crippen LogP contribution in [0.1, 0.15) is 32.9 Å². The molecule has 2 atom stereocenters. The summed E-state index contributed by atoms with van der Waals surface area (Å²) < 4.78 is 11.9. The molecule has 1 aromatic heterocycles. The first kappa shape index (κ1) is 20.6. The minimum absolute atomic E-state index is 0.0389. The molecule has 0 aliphatic carbocycles. The second-order valence-electron chi connectivity index (χ2n) is 8.43. The molecule has 0 N–H and O–H groups in total. The normalized spacial score (nSPS) is 20.9. The Labute approximate surface area is 158 Å². The molecule has 1 amide bonds. The van der Waals surface area contributed by atoms with Crippen molar-refractivity contribution in [3.05, 3.63) is 42.7 Å². The number of carbonyl (C=O) groups excluding carboxylic acids is 1. The molecule has 1 aliphatic heterocycles. The summed E-state index contributed by atoms with van der Waals surface area (Å²) in [4.78, 5) is 18.7. The van der Waals surface area contributed by atoms with Crippen LogP contribution in [-0.4, -0.2) is 49.6 Å². The number of likely N-dealkylation sites (tertiary alicyclic amines) is 1. The van der Waals surface area contributed by atoms with Crippen molar-refractivity contribution in [3.8, 4) is 0 Å². The number of hydrogen-bond donors (Lipinski definition) is 0. The Morgan fingerprint density at radius 2 is 2.15 bits per heavy atom. The van der Waals surface area contributed by atoms with Crippen LogP contribution in [0.4, 0.5) is 4.79 Å². The molecular weight excluding hydrogens is 344 g/mol. The van der Waals surface area contributed by atoms with E-state index in [1.807, 2.05) is 18.2 Å². The van der Waals surface area contributed by atoms with Gasteiger partial charge in [-0.3, -0.25) is 4.98 Å². The van der Waals surface area contributed by atoms with Crippen molar-refractivity contribution >= 4 is 14.4 Å². The number of ether oxygens (including phenoxy) is 1. The average molecular weight is 377 g/mol. The van der Waals surface area contributed by atoms with Crippen LogP contribution < -0.4 is 0 Å². The van der Waals surface area contributed by atoms with Crippen LogP contribution in [0.2, 0.25) is 18.1 Å². The minimum atomic E-state index is -1.89. The summed E-state index contributed by atoms with van der Waals surface area (Å²) in [5.41, 5.74) is 0.979. The molecule has 6 heteroatoms. The Bertz CT molecular complexity index is 613. The Hall–Kier alpha value is -1.66. The summed E-state index contributed by atoms with van der Waals surface area (Å²) in [5.74, 6) is 0. The zero-order valence-corrected chi connectivity index (χ0v) is 17.7. The van der Waals surface area contributed by atoms with Gasteiger partial charge in [-0.1, -0.05) is 39.5 Å². The molecule has 1 saturated heterocycles. The first-order chi connectivity index (χ1) is 12.1. The highest BCUT2D eigenvalue weighted by Crippen LogP contribution is 2.39. The van der Waals surface area contributed by atoms with Gasteiger partial charge in [0.1, 0.15) is 6.61 Å². The van der Waals surface area contributed by atoms with Crippen LogP contribution in [0.25, 0.3) is 0 Å². The lowest BCUT2D eigenvalue weighted by Gasteiger charge is -2.38. The number of carbonyl (C=O) groups is 1. The standard InChI is InChI=1S/C20H32N2O3Si/c1-7-12-24-19(23)22-15-18(25-26(5,6)20(2,3)4)14-17(22)13-16-10-8-9-11-21-16/h7-11,17-18H,1,12-15H2,2-6H3/t17-,18-/m1/s1. The lowest BCUT2D eigenvalue weighted by Crippen LogP contribution is -2.44. The van der Waals surface area contributed by atoms with Crippen LogP contribution in [0, 0.1) is 0 Å². The number of rotatable bonds is 6. The number of hydrogen-bond acceptors (Lipinski definition) is 4. The van der Waals surface area contributed by atoms with Gasteiger partial charge >= 0.3 is 6.09 Å². The molecule has 1 aromatic rings. The first-order valence-electron chi connectivity index (χ1n) is 9.26. The molecule has 0 radical (unpaired) electrons. The predicted molar refractivity (Wildman–Crippen MR) is 107 cm³/mol. The average Bonchev–Trinajstić information content (AvgIpc) is 2.94. The number of amides is 1. The van der Waals surface area contributed by atoms with Crippen molar-refractivity contribution in [2.45, 2.75) is 63.9 Å². The van der Waals surface area contributed by atoms with Crippen molar-refractivity contribution in [1.29, 1.82) is 0 Å². The summed E-state index contributed by atoms with van der Waals surface area (Å²) in [6.07, 6.45) is 4.64. The van der Waals surface area contributed by atoms with E-state index in [-0.39, 0.29) is 29.9 Å². The number of nitrogens with zero attached hydrogens (tertiary/aromatic N) is 2. The molecular formula is C20H32N2O3Si. The van der Waals surface area contributed by atoms with Gasteiger partial charge in [-0.25, -0.2) is 4.79 Å². The number of aromatic nitrogens is 1. The van der Waals surface area contributed by atoms with Crippen molar-refractivity contribution in [3.63, 3.8) is 0 Å². The Kier molecular flexibility index (Phi) is 6.63. The van der Waals surface area contributed by atoms with Gasteiger partial charge in [0.2, 0.25) is 0 Å². The smallest absolute Gasteiger partial charge is 0.410 e. The van der Waals surface area contributed by atoms with E-state index in [4.69, 9.17) is 9.16 Å². The van der Waals surface area contributed by atoms with Crippen LogP contribution in [0.3, 0.4) is 0 Å². The van der Waals surface area contributed by atoms with Gasteiger partial charge in [-0.15, -0.1) is 0 Å². The first-order valence-corrected chi connectivity index (χ1v) is 12.2. The van der Waals surface area contributed by atoms with Gasteiger partial charge in [0, 0.05) is 30.9 Å². The van der Waals surface area contributed by atoms with E-state index >= 15 is 0 Å². The topological polar surface area (TPSA) is 51.7 Å². The van der Waals surface area contributed by atoms with E-state index in [2.05, 4.69) is 45.4 Å². The summed E-state index contributed by atoms with van der Waals surface area (Å²) in [7, 11) is -1.89. The van der Waals surface area contributed by atoms with Gasteiger partial charge in [0.15, 0.2) is 8.32 Å². The van der Waals surface area contributed by atoms with E-state index in [9.17, 15) is 4.79 Å². The summed E-state index contributed by atoms with van der Waals surface area (Å²) >= 11 is 0. The van der Waals surface area contributed by atoms with Gasteiger partial charge < -0.3 is 14.1 Å². The molecule has 2 heterocycles. The highest BCUT2D eigenvalue weighted by atomic mass is 28.4. The van der Waals surface area contributed by atoms with Crippen LogP contribution in [-0.2, 0) is 15.6 Å². The molecule has 0 spiro atoms. The second-order valence-corrected chi connectivity index (χ2v) is 13.2. The third-order valence-electron chi connectivity index (χ3n) is 5.37. The Morgan fingerprint density at radius 1 is 1.42 bits per heavy atom. The fraction of sp³-hybridized carbons (Fsp3) is 0.600. The minimum Gasteiger partial charge on any atom is -0.445 e. The Balaban J connectivity index is 2.12. The highest BCUT2D eigenvalue weighted by molar-refractivity contribution is 6.74. The lowest BCUT2D eigenvalue weighted by molar-refractivity contribution is 0.103. The van der Waals surface area contributed by atoms with Crippen molar-refractivity contribution in [2.75, 3.05) is 13.2 Å². The van der Waals surface area contributed by atoms with Gasteiger partial charge in [-0.05, 0) is 36.7 Å². The van der Waals surface area contributed by atoms with Gasteiger partial charge in [0.25, 0.3) is 0 Å². The fourth-order valence-corrected chi connectivity index (χ4v) is 4.30. The lowest BCUT2D eigenvalue weighted by atomic mass is 10.1. The van der Waals surface area contributed by atoms with E-state index in [1.54, 1.807) is 17.2 Å². The van der Waals surface area contributed by atoms with E-state index in [1.165, 1.54) is 0 Å². The molecule has 26 heavy (non-hydrogen) atoms. The third kappa shape index (κ3) is 5.17. The molecule has 1 aliphatic rings. The Morgan fingerprint density at radius 3 is 2.73 bits per heavy atom. The molecule has 2 rings (SSSR count). The number of pyridine rings is 1. The highest BCUT2D eigenvalue weighted by Gasteiger charge is 2.44.